The van der Waals surface area contributed by atoms with Gasteiger partial charge in [0.2, 0.25) is 18.2 Å². The Hall–Kier alpha value is -3.60. The summed E-state index contributed by atoms with van der Waals surface area (Å²) in [5.41, 5.74) is 1.91. The number of rotatable bonds is 7. The Kier molecular flexibility index (Phi) is 7.44. The van der Waals surface area contributed by atoms with Gasteiger partial charge in [-0.15, -0.1) is 0 Å². The summed E-state index contributed by atoms with van der Waals surface area (Å²) in [4.78, 5) is 40.2. The maximum absolute atomic E-state index is 13.9. The number of likely N-dealkylation sites (N-methyl/N-ethyl adjacent to an activating group) is 2. The highest BCUT2D eigenvalue weighted by Gasteiger charge is 2.46. The Morgan fingerprint density at radius 2 is 1.86 bits per heavy atom. The molecule has 37 heavy (non-hydrogen) atoms. The van der Waals surface area contributed by atoms with E-state index in [9.17, 15) is 27.4 Å². The molecule has 1 aliphatic heterocycles. The van der Waals surface area contributed by atoms with E-state index < -0.39 is 39.9 Å². The summed E-state index contributed by atoms with van der Waals surface area (Å²) in [6, 6.07) is 7.73. The number of amides is 3. The van der Waals surface area contributed by atoms with E-state index in [1.54, 1.807) is 24.1 Å². The van der Waals surface area contributed by atoms with Gasteiger partial charge in [0.25, 0.3) is 0 Å². The van der Waals surface area contributed by atoms with Crippen molar-refractivity contribution in [1.29, 1.82) is 0 Å². The van der Waals surface area contributed by atoms with Gasteiger partial charge in [0.1, 0.15) is 17.2 Å². The van der Waals surface area contributed by atoms with Crippen molar-refractivity contribution in [1.82, 2.24) is 15.1 Å². The Morgan fingerprint density at radius 3 is 2.51 bits per heavy atom. The Bertz CT molecular complexity index is 1280. The van der Waals surface area contributed by atoms with Crippen molar-refractivity contribution < 1.29 is 27.4 Å². The Morgan fingerprint density at radius 1 is 1.19 bits per heavy atom. The molecule has 0 aromatic heterocycles. The molecule has 8 nitrogen and oxygen atoms in total. The highest BCUT2D eigenvalue weighted by Crippen LogP contribution is 2.36. The summed E-state index contributed by atoms with van der Waals surface area (Å²) in [7, 11) is 1.80. The summed E-state index contributed by atoms with van der Waals surface area (Å²) < 4.78 is 40.1. The van der Waals surface area contributed by atoms with Crippen molar-refractivity contribution >= 4 is 34.7 Å². The molecule has 1 aliphatic carbocycles. The van der Waals surface area contributed by atoms with Gasteiger partial charge in [0, 0.05) is 60.9 Å². The fourth-order valence-corrected chi connectivity index (χ4v) is 6.45. The summed E-state index contributed by atoms with van der Waals surface area (Å²) in [5.74, 6) is -1.91. The smallest absolute Gasteiger partial charge is 0.246 e. The van der Waals surface area contributed by atoms with E-state index in [1.807, 2.05) is 6.07 Å². The molecule has 1 heterocycles. The summed E-state index contributed by atoms with van der Waals surface area (Å²) >= 11 is 0. The first kappa shape index (κ1) is 26.5. The molecular weight excluding hydrogens is 502 g/mol. The number of fused-ring (bicyclic) bond motifs is 1. The zero-order chi connectivity index (χ0) is 26.9. The molecule has 2 unspecified atom stereocenters. The molecule has 196 valence electrons. The number of hydrogen-bond donors (Lipinski definition) is 2. The molecule has 0 bridgehead atoms. The third kappa shape index (κ3) is 5.27. The fraction of sp³-hybridized carbons (Fsp3) is 0.346. The summed E-state index contributed by atoms with van der Waals surface area (Å²) in [6.07, 6.45) is 1.27. The van der Waals surface area contributed by atoms with Gasteiger partial charge in [0.05, 0.1) is 18.3 Å². The minimum Gasteiger partial charge on any atom is -0.357 e. The third-order valence-electron chi connectivity index (χ3n) is 6.98. The maximum atomic E-state index is 13.9. The first-order chi connectivity index (χ1) is 17.6. The normalized spacial score (nSPS) is 22.8. The molecule has 3 atom stereocenters. The van der Waals surface area contributed by atoms with Crippen LogP contribution in [0.25, 0.3) is 0 Å². The van der Waals surface area contributed by atoms with Crippen LogP contribution in [0.4, 0.5) is 14.5 Å². The van der Waals surface area contributed by atoms with Gasteiger partial charge in [-0.2, -0.15) is 0 Å². The third-order valence-corrected chi connectivity index (χ3v) is 8.32. The minimum atomic E-state index is -1.28. The number of nitrogens with zero attached hydrogens (tertiary/aromatic N) is 2. The molecular formula is C26H28F2N4O4S. The van der Waals surface area contributed by atoms with Crippen LogP contribution >= 0.6 is 0 Å². The van der Waals surface area contributed by atoms with Gasteiger partial charge >= 0.3 is 0 Å². The van der Waals surface area contributed by atoms with Crippen LogP contribution in [0.5, 0.6) is 0 Å². The van der Waals surface area contributed by atoms with E-state index in [1.165, 1.54) is 24.1 Å². The van der Waals surface area contributed by atoms with Crippen LogP contribution in [0.1, 0.15) is 22.7 Å². The molecule has 0 spiro atoms. The average Bonchev–Trinajstić information content (AvgIpc) is 3.24. The number of nitrogens with one attached hydrogen (secondary N) is 2. The molecule has 2 aliphatic rings. The van der Waals surface area contributed by atoms with E-state index in [0.717, 1.165) is 17.2 Å². The van der Waals surface area contributed by atoms with Crippen LogP contribution in [0, 0.1) is 11.6 Å². The Balaban J connectivity index is 1.52. The van der Waals surface area contributed by atoms with Crippen LogP contribution in [-0.4, -0.2) is 69.9 Å². The second-order valence-corrected chi connectivity index (χ2v) is 10.9. The van der Waals surface area contributed by atoms with Gasteiger partial charge in [-0.3, -0.25) is 18.6 Å². The lowest BCUT2D eigenvalue weighted by molar-refractivity contribution is -0.138. The van der Waals surface area contributed by atoms with Gasteiger partial charge in [0.15, 0.2) is 0 Å². The first-order valence-electron chi connectivity index (χ1n) is 11.6. The van der Waals surface area contributed by atoms with Gasteiger partial charge < -0.3 is 20.4 Å². The molecule has 2 N–H and O–H groups in total. The lowest BCUT2D eigenvalue weighted by Crippen LogP contribution is -2.57. The van der Waals surface area contributed by atoms with Crippen molar-refractivity contribution in [3.8, 4) is 0 Å². The quantitative estimate of drug-likeness (QED) is 0.533. The van der Waals surface area contributed by atoms with Crippen molar-refractivity contribution in [3.05, 3.63) is 77.0 Å². The zero-order valence-electron chi connectivity index (χ0n) is 20.6. The van der Waals surface area contributed by atoms with Crippen LogP contribution in [0.15, 0.2) is 48.7 Å². The van der Waals surface area contributed by atoms with Crippen molar-refractivity contribution in [2.24, 2.45) is 0 Å². The largest absolute Gasteiger partial charge is 0.357 e. The van der Waals surface area contributed by atoms with Gasteiger partial charge in [-0.05, 0) is 41.0 Å². The standard InChI is InChI=1S/C26H28F2N4O4S/c1-16-13-37(36)14-23(18-6-20(27)9-21(28)7-18)32(16)12-24(34)30-22-5-4-17-10-26(25(35)29-2,31(3)15-33)11-19(17)8-22/h4-9,15,23H,1,10-14H2,2-3H3,(H,29,35)(H,30,34)/t23-,26?,37?/m0/s1. The molecule has 2 aromatic carbocycles. The number of carbonyl (C=O) groups excluding carboxylic acids is 3. The van der Waals surface area contributed by atoms with E-state index in [2.05, 4.69) is 17.2 Å². The molecule has 2 aromatic rings. The number of halogens is 2. The Labute approximate surface area is 216 Å². The van der Waals surface area contributed by atoms with Crippen LogP contribution in [0.2, 0.25) is 0 Å². The van der Waals surface area contributed by atoms with Crippen molar-refractivity contribution in [2.45, 2.75) is 24.4 Å². The minimum absolute atomic E-state index is 0.111. The van der Waals surface area contributed by atoms with E-state index in [-0.39, 0.29) is 29.5 Å². The number of benzene rings is 2. The highest BCUT2D eigenvalue weighted by atomic mass is 32.2. The number of anilines is 1. The van der Waals surface area contributed by atoms with Crippen LogP contribution in [0.3, 0.4) is 0 Å². The van der Waals surface area contributed by atoms with E-state index in [0.29, 0.717) is 30.6 Å². The second kappa shape index (κ2) is 10.4. The molecule has 1 fully saturated rings. The lowest BCUT2D eigenvalue weighted by Gasteiger charge is -2.38. The molecule has 0 saturated carbocycles. The second-order valence-electron chi connectivity index (χ2n) is 9.38. The lowest BCUT2D eigenvalue weighted by atomic mass is 9.93. The SMILES string of the molecule is C=C1CS(=O)C[C@@H](c2cc(F)cc(F)c2)N1CC(=O)Nc1ccc2c(c1)CC(C(=O)NC)(N(C)C=O)C2. The van der Waals surface area contributed by atoms with Crippen LogP contribution in [-0.2, 0) is 38.0 Å². The predicted octanol–water partition coefficient (Wildman–Crippen LogP) is 1.89. The van der Waals surface area contributed by atoms with Gasteiger partial charge in [-0.1, -0.05) is 12.6 Å². The molecule has 11 heteroatoms. The van der Waals surface area contributed by atoms with Crippen molar-refractivity contribution in [3.63, 3.8) is 0 Å². The predicted molar refractivity (Wildman–Crippen MR) is 136 cm³/mol. The first-order valence-corrected chi connectivity index (χ1v) is 13.1. The topological polar surface area (TPSA) is 98.8 Å². The highest BCUT2D eigenvalue weighted by molar-refractivity contribution is 7.85. The average molecular weight is 531 g/mol. The monoisotopic (exact) mass is 530 g/mol. The molecule has 4 rings (SSSR count). The van der Waals surface area contributed by atoms with Crippen LogP contribution < -0.4 is 10.6 Å². The fourth-order valence-electron chi connectivity index (χ4n) is 5.07. The maximum Gasteiger partial charge on any atom is 0.246 e. The summed E-state index contributed by atoms with van der Waals surface area (Å²) in [5, 5.41) is 5.46. The van der Waals surface area contributed by atoms with Crippen molar-refractivity contribution in [2.75, 3.05) is 37.5 Å². The van der Waals surface area contributed by atoms with E-state index >= 15 is 0 Å². The molecule has 3 amide bonds. The zero-order valence-corrected chi connectivity index (χ0v) is 21.4. The molecule has 0 radical (unpaired) electrons. The number of hydrogen-bond acceptors (Lipinski definition) is 5. The molecule has 1 saturated heterocycles. The number of carbonyl (C=O) groups is 3. The van der Waals surface area contributed by atoms with E-state index in [4.69, 9.17) is 0 Å². The summed E-state index contributed by atoms with van der Waals surface area (Å²) in [6.45, 7) is 3.77. The van der Waals surface area contributed by atoms with Gasteiger partial charge in [-0.25, -0.2) is 8.78 Å².